The number of fused-ring (bicyclic) bond motifs is 1. The van der Waals surface area contributed by atoms with Crippen LogP contribution >= 0.6 is 0 Å². The van der Waals surface area contributed by atoms with Crippen LogP contribution in [0.5, 0.6) is 11.5 Å². The van der Waals surface area contributed by atoms with Gasteiger partial charge in [0.25, 0.3) is 0 Å². The van der Waals surface area contributed by atoms with E-state index >= 15 is 0 Å². The Balaban J connectivity index is 2.31. The standard InChI is InChI=1S/C10H10O5/c11-9(10(12)13)6-1-2-7-8(5-6)15-4-3-14-7/h1-2,5,9,11H,3-4H2,(H,12,13)/t9-/m1/s1. The minimum atomic E-state index is -1.53. The van der Waals surface area contributed by atoms with Crippen molar-refractivity contribution in [3.05, 3.63) is 23.8 Å². The van der Waals surface area contributed by atoms with Crippen LogP contribution in [-0.2, 0) is 4.79 Å². The highest BCUT2D eigenvalue weighted by Gasteiger charge is 2.19. The first-order valence-electron chi connectivity index (χ1n) is 4.49. The van der Waals surface area contributed by atoms with Gasteiger partial charge in [-0.25, -0.2) is 4.79 Å². The third-order valence-electron chi connectivity index (χ3n) is 2.12. The van der Waals surface area contributed by atoms with Crippen LogP contribution in [0.4, 0.5) is 0 Å². The number of aliphatic hydroxyl groups excluding tert-OH is 1. The average Bonchev–Trinajstić information content (AvgIpc) is 2.27. The summed E-state index contributed by atoms with van der Waals surface area (Å²) >= 11 is 0. The largest absolute Gasteiger partial charge is 0.486 e. The van der Waals surface area contributed by atoms with E-state index in [9.17, 15) is 9.90 Å². The molecule has 1 aromatic rings. The van der Waals surface area contributed by atoms with Gasteiger partial charge in [-0.15, -0.1) is 0 Å². The molecule has 0 saturated heterocycles. The molecule has 1 atom stereocenters. The Morgan fingerprint density at radius 1 is 1.27 bits per heavy atom. The van der Waals surface area contributed by atoms with Gasteiger partial charge in [0.1, 0.15) is 13.2 Å². The highest BCUT2D eigenvalue weighted by molar-refractivity contribution is 5.74. The minimum absolute atomic E-state index is 0.284. The summed E-state index contributed by atoms with van der Waals surface area (Å²) in [5.74, 6) is -0.242. The van der Waals surface area contributed by atoms with Gasteiger partial charge < -0.3 is 19.7 Å². The van der Waals surface area contributed by atoms with E-state index in [0.717, 1.165) is 0 Å². The van der Waals surface area contributed by atoms with Crippen LogP contribution in [0.25, 0.3) is 0 Å². The number of aliphatic hydroxyl groups is 1. The molecule has 0 spiro atoms. The fourth-order valence-corrected chi connectivity index (χ4v) is 1.37. The summed E-state index contributed by atoms with van der Waals surface area (Å²) in [6.45, 7) is 0.910. The van der Waals surface area contributed by atoms with Gasteiger partial charge in [0.2, 0.25) is 0 Å². The maximum Gasteiger partial charge on any atom is 0.337 e. The van der Waals surface area contributed by atoms with Crippen molar-refractivity contribution in [3.8, 4) is 11.5 Å². The van der Waals surface area contributed by atoms with Crippen molar-refractivity contribution in [1.29, 1.82) is 0 Å². The SMILES string of the molecule is O=C(O)[C@H](O)c1ccc2c(c1)OCCO2. The molecule has 0 unspecified atom stereocenters. The summed E-state index contributed by atoms with van der Waals surface area (Å²) in [6, 6.07) is 4.58. The van der Waals surface area contributed by atoms with E-state index in [4.69, 9.17) is 14.6 Å². The van der Waals surface area contributed by atoms with Gasteiger partial charge in [-0.1, -0.05) is 6.07 Å². The molecular formula is C10H10O5. The predicted molar refractivity (Wildman–Crippen MR) is 50.0 cm³/mol. The van der Waals surface area contributed by atoms with Crippen LogP contribution in [0.15, 0.2) is 18.2 Å². The highest BCUT2D eigenvalue weighted by atomic mass is 16.6. The van der Waals surface area contributed by atoms with Crippen LogP contribution in [0.2, 0.25) is 0 Å². The van der Waals surface area contributed by atoms with Crippen LogP contribution in [0.1, 0.15) is 11.7 Å². The molecule has 1 heterocycles. The van der Waals surface area contributed by atoms with Gasteiger partial charge in [0.15, 0.2) is 17.6 Å². The summed E-state index contributed by atoms with van der Waals surface area (Å²) in [5.41, 5.74) is 0.284. The third-order valence-corrected chi connectivity index (χ3v) is 2.12. The number of carboxylic acids is 1. The average molecular weight is 210 g/mol. The molecule has 1 aliphatic rings. The molecule has 5 nitrogen and oxygen atoms in total. The lowest BCUT2D eigenvalue weighted by Gasteiger charge is -2.19. The quantitative estimate of drug-likeness (QED) is 0.746. The lowest BCUT2D eigenvalue weighted by atomic mass is 10.1. The number of aliphatic carboxylic acids is 1. The first-order chi connectivity index (χ1) is 7.18. The Kier molecular flexibility index (Phi) is 2.47. The smallest absolute Gasteiger partial charge is 0.337 e. The molecule has 80 valence electrons. The van der Waals surface area contributed by atoms with Crippen LogP contribution in [-0.4, -0.2) is 29.4 Å². The molecule has 0 bridgehead atoms. The predicted octanol–water partition coefficient (Wildman–Crippen LogP) is 0.576. The summed E-state index contributed by atoms with van der Waals surface area (Å²) < 4.78 is 10.5. The fourth-order valence-electron chi connectivity index (χ4n) is 1.37. The molecule has 2 rings (SSSR count). The van der Waals surface area contributed by atoms with Crippen LogP contribution in [0, 0.1) is 0 Å². The zero-order chi connectivity index (χ0) is 10.8. The van der Waals surface area contributed by atoms with Gasteiger partial charge in [-0.2, -0.15) is 0 Å². The maximum absolute atomic E-state index is 10.5. The van der Waals surface area contributed by atoms with Crippen molar-refractivity contribution in [2.45, 2.75) is 6.10 Å². The van der Waals surface area contributed by atoms with Crippen molar-refractivity contribution in [1.82, 2.24) is 0 Å². The Morgan fingerprint density at radius 2 is 1.93 bits per heavy atom. The first-order valence-corrected chi connectivity index (χ1v) is 4.49. The molecule has 1 aromatic carbocycles. The normalized spacial score (nSPS) is 15.8. The topological polar surface area (TPSA) is 76.0 Å². The molecule has 0 saturated carbocycles. The second-order valence-corrected chi connectivity index (χ2v) is 3.14. The zero-order valence-corrected chi connectivity index (χ0v) is 7.84. The van der Waals surface area contributed by atoms with Crippen LogP contribution < -0.4 is 9.47 Å². The van der Waals surface area contributed by atoms with E-state index < -0.39 is 12.1 Å². The van der Waals surface area contributed by atoms with E-state index in [2.05, 4.69) is 0 Å². The van der Waals surface area contributed by atoms with Crippen LogP contribution in [0.3, 0.4) is 0 Å². The number of carboxylic acid groups (broad SMARTS) is 1. The van der Waals surface area contributed by atoms with E-state index in [-0.39, 0.29) is 5.56 Å². The molecule has 0 fully saturated rings. The van der Waals surface area contributed by atoms with Gasteiger partial charge in [-0.05, 0) is 17.7 Å². The Bertz CT molecular complexity index is 387. The lowest BCUT2D eigenvalue weighted by molar-refractivity contribution is -0.146. The number of benzene rings is 1. The van der Waals surface area contributed by atoms with Gasteiger partial charge in [0.05, 0.1) is 0 Å². The molecule has 0 radical (unpaired) electrons. The van der Waals surface area contributed by atoms with Crippen molar-refractivity contribution >= 4 is 5.97 Å². The second-order valence-electron chi connectivity index (χ2n) is 3.14. The molecule has 5 heteroatoms. The number of hydrogen-bond acceptors (Lipinski definition) is 4. The van der Waals surface area contributed by atoms with E-state index in [1.807, 2.05) is 0 Å². The highest BCUT2D eigenvalue weighted by Crippen LogP contribution is 2.32. The third kappa shape index (κ3) is 1.87. The van der Waals surface area contributed by atoms with Crippen molar-refractivity contribution < 1.29 is 24.5 Å². The molecule has 2 N–H and O–H groups in total. The van der Waals surface area contributed by atoms with E-state index in [0.29, 0.717) is 24.7 Å². The van der Waals surface area contributed by atoms with Gasteiger partial charge in [0, 0.05) is 0 Å². The molecule has 0 amide bonds. The summed E-state index contributed by atoms with van der Waals surface area (Å²) in [7, 11) is 0. The molecule has 0 aromatic heterocycles. The number of ether oxygens (including phenoxy) is 2. The molecule has 0 aliphatic carbocycles. The Labute approximate surface area is 85.9 Å². The Hall–Kier alpha value is -1.75. The lowest BCUT2D eigenvalue weighted by Crippen LogP contribution is -2.16. The molecule has 15 heavy (non-hydrogen) atoms. The monoisotopic (exact) mass is 210 g/mol. The summed E-state index contributed by atoms with van der Waals surface area (Å²) in [5, 5.41) is 17.9. The summed E-state index contributed by atoms with van der Waals surface area (Å²) in [6.07, 6.45) is -1.53. The minimum Gasteiger partial charge on any atom is -0.486 e. The van der Waals surface area contributed by atoms with Crippen molar-refractivity contribution in [2.24, 2.45) is 0 Å². The Morgan fingerprint density at radius 3 is 2.60 bits per heavy atom. The number of hydrogen-bond donors (Lipinski definition) is 2. The van der Waals surface area contributed by atoms with E-state index in [1.165, 1.54) is 12.1 Å². The van der Waals surface area contributed by atoms with Crippen molar-refractivity contribution in [2.75, 3.05) is 13.2 Å². The summed E-state index contributed by atoms with van der Waals surface area (Å²) in [4.78, 5) is 10.5. The number of carbonyl (C=O) groups is 1. The van der Waals surface area contributed by atoms with E-state index in [1.54, 1.807) is 6.07 Å². The zero-order valence-electron chi connectivity index (χ0n) is 7.84. The van der Waals surface area contributed by atoms with Crippen molar-refractivity contribution in [3.63, 3.8) is 0 Å². The second kappa shape index (κ2) is 3.78. The van der Waals surface area contributed by atoms with Gasteiger partial charge >= 0.3 is 5.97 Å². The van der Waals surface area contributed by atoms with Gasteiger partial charge in [-0.3, -0.25) is 0 Å². The first kappa shape index (κ1) is 9.79. The molecular weight excluding hydrogens is 200 g/mol. The fraction of sp³-hybridized carbons (Fsp3) is 0.300. The molecule has 1 aliphatic heterocycles. The maximum atomic E-state index is 10.5. The number of rotatable bonds is 2.